The maximum Gasteiger partial charge on any atom is 0.272 e. The smallest absolute Gasteiger partial charge is 0.272 e. The number of carbonyl (C=O) groups is 1. The summed E-state index contributed by atoms with van der Waals surface area (Å²) in [6, 6.07) is 15.7. The van der Waals surface area contributed by atoms with Gasteiger partial charge in [-0.25, -0.2) is 9.67 Å². The van der Waals surface area contributed by atoms with Crippen molar-refractivity contribution in [2.75, 3.05) is 5.32 Å². The van der Waals surface area contributed by atoms with Gasteiger partial charge in [0.25, 0.3) is 5.91 Å². The Hall–Kier alpha value is -3.74. The monoisotopic (exact) mass is 414 g/mol. The molecule has 1 aromatic carbocycles. The highest BCUT2D eigenvalue weighted by molar-refractivity contribution is 6.04. The fourth-order valence-electron chi connectivity index (χ4n) is 3.25. The standard InChI is InChI=1S/C24H26N6O/c1-16-7-9-18(10-8-16)27-20-12-11-19-21(29-30(22(19)28-20)24(2,3)4)23(31)26-15-17-6-5-13-25-14-17/h5-14H,15H2,1-4H3,(H,26,31)(H,27,28). The van der Waals surface area contributed by atoms with E-state index in [2.05, 4.69) is 27.6 Å². The van der Waals surface area contributed by atoms with Gasteiger partial charge in [-0.3, -0.25) is 9.78 Å². The third-order valence-electron chi connectivity index (χ3n) is 4.88. The summed E-state index contributed by atoms with van der Waals surface area (Å²) in [5.41, 5.74) is 3.77. The van der Waals surface area contributed by atoms with Gasteiger partial charge in [-0.15, -0.1) is 0 Å². The maximum atomic E-state index is 12.9. The number of nitrogens with zero attached hydrogens (tertiary/aromatic N) is 4. The largest absolute Gasteiger partial charge is 0.346 e. The number of aryl methyl sites for hydroxylation is 1. The number of nitrogens with one attached hydrogen (secondary N) is 2. The number of fused-ring (bicyclic) bond motifs is 1. The molecular formula is C24H26N6O. The Bertz CT molecular complexity index is 1210. The van der Waals surface area contributed by atoms with Crippen LogP contribution in [0.4, 0.5) is 11.5 Å². The molecule has 3 heterocycles. The van der Waals surface area contributed by atoms with Crippen LogP contribution in [0, 0.1) is 6.92 Å². The van der Waals surface area contributed by atoms with Crippen LogP contribution >= 0.6 is 0 Å². The van der Waals surface area contributed by atoms with Crippen LogP contribution in [0.3, 0.4) is 0 Å². The number of pyridine rings is 2. The molecule has 7 nitrogen and oxygen atoms in total. The van der Waals surface area contributed by atoms with Crippen LogP contribution in [0.5, 0.6) is 0 Å². The molecule has 3 aromatic heterocycles. The van der Waals surface area contributed by atoms with Gasteiger partial charge in [0.15, 0.2) is 11.3 Å². The average molecular weight is 415 g/mol. The van der Waals surface area contributed by atoms with Crippen molar-refractivity contribution < 1.29 is 4.79 Å². The second-order valence-electron chi connectivity index (χ2n) is 8.53. The normalized spacial score (nSPS) is 11.5. The minimum atomic E-state index is -0.338. The third-order valence-corrected chi connectivity index (χ3v) is 4.88. The van der Waals surface area contributed by atoms with E-state index in [1.165, 1.54) is 5.56 Å². The predicted octanol–water partition coefficient (Wildman–Crippen LogP) is 4.56. The molecule has 0 fully saturated rings. The van der Waals surface area contributed by atoms with Crippen molar-refractivity contribution in [3.63, 3.8) is 0 Å². The van der Waals surface area contributed by atoms with Crippen molar-refractivity contribution in [2.24, 2.45) is 0 Å². The molecule has 0 saturated heterocycles. The van der Waals surface area contributed by atoms with E-state index in [1.807, 2.05) is 74.0 Å². The molecule has 0 saturated carbocycles. The lowest BCUT2D eigenvalue weighted by molar-refractivity contribution is 0.0946. The number of hydrogen-bond acceptors (Lipinski definition) is 5. The van der Waals surface area contributed by atoms with Crippen molar-refractivity contribution >= 4 is 28.4 Å². The Morgan fingerprint density at radius 2 is 1.84 bits per heavy atom. The molecule has 4 aromatic rings. The number of rotatable bonds is 5. The van der Waals surface area contributed by atoms with E-state index in [-0.39, 0.29) is 11.4 Å². The molecule has 0 aliphatic carbocycles. The number of anilines is 2. The number of benzene rings is 1. The first-order chi connectivity index (χ1) is 14.8. The summed E-state index contributed by atoms with van der Waals surface area (Å²) in [4.78, 5) is 21.8. The highest BCUT2D eigenvalue weighted by Gasteiger charge is 2.24. The zero-order chi connectivity index (χ0) is 22.0. The molecule has 0 aliphatic rings. The highest BCUT2D eigenvalue weighted by atomic mass is 16.1. The molecular weight excluding hydrogens is 388 g/mol. The molecule has 0 radical (unpaired) electrons. The summed E-state index contributed by atoms with van der Waals surface area (Å²) in [5.74, 6) is 0.460. The maximum absolute atomic E-state index is 12.9. The summed E-state index contributed by atoms with van der Waals surface area (Å²) in [7, 11) is 0. The zero-order valence-electron chi connectivity index (χ0n) is 18.2. The highest BCUT2D eigenvalue weighted by Crippen LogP contribution is 2.26. The van der Waals surface area contributed by atoms with Gasteiger partial charge in [0.05, 0.1) is 10.9 Å². The lowest BCUT2D eigenvalue weighted by Crippen LogP contribution is -2.26. The van der Waals surface area contributed by atoms with E-state index in [0.717, 1.165) is 11.3 Å². The fraction of sp³-hybridized carbons (Fsp3) is 0.250. The SMILES string of the molecule is Cc1ccc(Nc2ccc3c(C(=O)NCc4cccnc4)nn(C(C)(C)C)c3n2)cc1. The van der Waals surface area contributed by atoms with Crippen LogP contribution in [0.25, 0.3) is 11.0 Å². The zero-order valence-corrected chi connectivity index (χ0v) is 18.2. The summed E-state index contributed by atoms with van der Waals surface area (Å²) < 4.78 is 1.81. The lowest BCUT2D eigenvalue weighted by Gasteiger charge is -2.20. The minimum Gasteiger partial charge on any atom is -0.346 e. The van der Waals surface area contributed by atoms with E-state index in [0.29, 0.717) is 29.1 Å². The molecule has 1 amide bonds. The van der Waals surface area contributed by atoms with E-state index in [1.54, 1.807) is 12.4 Å². The second kappa shape index (κ2) is 8.18. The summed E-state index contributed by atoms with van der Waals surface area (Å²) in [6.07, 6.45) is 3.44. The van der Waals surface area contributed by atoms with Gasteiger partial charge >= 0.3 is 0 Å². The summed E-state index contributed by atoms with van der Waals surface area (Å²) in [5, 5.41) is 11.6. The molecule has 31 heavy (non-hydrogen) atoms. The molecule has 7 heteroatoms. The predicted molar refractivity (Wildman–Crippen MR) is 122 cm³/mol. The van der Waals surface area contributed by atoms with Crippen molar-refractivity contribution in [1.82, 2.24) is 25.1 Å². The Balaban J connectivity index is 1.66. The van der Waals surface area contributed by atoms with Crippen LogP contribution < -0.4 is 10.6 Å². The molecule has 158 valence electrons. The van der Waals surface area contributed by atoms with Gasteiger partial charge < -0.3 is 10.6 Å². The van der Waals surface area contributed by atoms with Gasteiger partial charge in [0.1, 0.15) is 5.82 Å². The van der Waals surface area contributed by atoms with Crippen LogP contribution in [0.1, 0.15) is 42.4 Å². The van der Waals surface area contributed by atoms with Gasteiger partial charge in [0, 0.05) is 24.6 Å². The quantitative estimate of drug-likeness (QED) is 0.500. The molecule has 4 rings (SSSR count). The number of carbonyl (C=O) groups excluding carboxylic acids is 1. The summed E-state index contributed by atoms with van der Waals surface area (Å²) in [6.45, 7) is 8.56. The van der Waals surface area contributed by atoms with Gasteiger partial charge in [-0.1, -0.05) is 23.8 Å². The Labute approximate surface area is 181 Å². The second-order valence-corrected chi connectivity index (χ2v) is 8.53. The first kappa shape index (κ1) is 20.5. The van der Waals surface area contributed by atoms with E-state index < -0.39 is 0 Å². The van der Waals surface area contributed by atoms with E-state index in [9.17, 15) is 4.79 Å². The van der Waals surface area contributed by atoms with Gasteiger partial charge in [-0.2, -0.15) is 5.10 Å². The first-order valence-corrected chi connectivity index (χ1v) is 10.2. The minimum absolute atomic E-state index is 0.238. The van der Waals surface area contributed by atoms with E-state index >= 15 is 0 Å². The average Bonchev–Trinajstić information content (AvgIpc) is 3.14. The molecule has 0 spiro atoms. The van der Waals surface area contributed by atoms with Crippen molar-refractivity contribution in [2.45, 2.75) is 39.8 Å². The van der Waals surface area contributed by atoms with Crippen LogP contribution in [-0.4, -0.2) is 25.7 Å². The van der Waals surface area contributed by atoms with Crippen LogP contribution in [0.2, 0.25) is 0 Å². The molecule has 0 bridgehead atoms. The third kappa shape index (κ3) is 4.55. The van der Waals surface area contributed by atoms with Crippen molar-refractivity contribution in [3.05, 3.63) is 77.7 Å². The van der Waals surface area contributed by atoms with Gasteiger partial charge in [0.2, 0.25) is 0 Å². The van der Waals surface area contributed by atoms with Crippen LogP contribution in [-0.2, 0) is 12.1 Å². The topological polar surface area (TPSA) is 84.7 Å². The van der Waals surface area contributed by atoms with Gasteiger partial charge in [-0.05, 0) is 63.6 Å². The Morgan fingerprint density at radius 1 is 1.06 bits per heavy atom. The van der Waals surface area contributed by atoms with Crippen molar-refractivity contribution in [3.8, 4) is 0 Å². The van der Waals surface area contributed by atoms with Crippen LogP contribution in [0.15, 0.2) is 60.9 Å². The molecule has 0 aliphatic heterocycles. The number of hydrogen-bond donors (Lipinski definition) is 2. The lowest BCUT2D eigenvalue weighted by atomic mass is 10.1. The summed E-state index contributed by atoms with van der Waals surface area (Å²) >= 11 is 0. The first-order valence-electron chi connectivity index (χ1n) is 10.2. The van der Waals surface area contributed by atoms with Crippen molar-refractivity contribution in [1.29, 1.82) is 0 Å². The number of aromatic nitrogens is 4. The molecule has 2 N–H and O–H groups in total. The molecule has 0 atom stereocenters. The fourth-order valence-corrected chi connectivity index (χ4v) is 3.25. The Kier molecular flexibility index (Phi) is 5.42. The number of amides is 1. The van der Waals surface area contributed by atoms with E-state index in [4.69, 9.17) is 4.98 Å². The molecule has 0 unspecified atom stereocenters. The Morgan fingerprint density at radius 3 is 2.52 bits per heavy atom.